The van der Waals surface area contributed by atoms with E-state index in [0.29, 0.717) is 30.2 Å². The van der Waals surface area contributed by atoms with Gasteiger partial charge in [-0.15, -0.1) is 0 Å². The maximum Gasteiger partial charge on any atom is 0.231 e. The van der Waals surface area contributed by atoms with Crippen molar-refractivity contribution in [1.29, 1.82) is 5.26 Å². The van der Waals surface area contributed by atoms with Gasteiger partial charge in [-0.2, -0.15) is 5.26 Å². The molecule has 0 radical (unpaired) electrons. The summed E-state index contributed by atoms with van der Waals surface area (Å²) in [4.78, 5) is 13.7. The number of hydrogen-bond donors (Lipinski definition) is 2. The van der Waals surface area contributed by atoms with Crippen LogP contribution in [-0.2, 0) is 0 Å². The van der Waals surface area contributed by atoms with Crippen LogP contribution in [-0.4, -0.2) is 34.8 Å². The van der Waals surface area contributed by atoms with Crippen molar-refractivity contribution in [1.82, 2.24) is 15.0 Å². The van der Waals surface area contributed by atoms with E-state index in [0.717, 1.165) is 33.9 Å². The number of para-hydroxylation sites is 1. The molecule has 2 aromatic heterocycles. The summed E-state index contributed by atoms with van der Waals surface area (Å²) in [5, 5.41) is 16.4. The van der Waals surface area contributed by atoms with Gasteiger partial charge in [-0.25, -0.2) is 15.0 Å². The molecule has 8 heteroatoms. The number of hydrogen-bond acceptors (Lipinski definition) is 8. The first-order chi connectivity index (χ1) is 15.3. The minimum absolute atomic E-state index is 0.227. The lowest BCUT2D eigenvalue weighted by Gasteiger charge is -2.12. The first-order valence-electron chi connectivity index (χ1n) is 9.81. The number of pyridine rings is 1. The average molecular weight is 410 g/mol. The van der Waals surface area contributed by atoms with Crippen molar-refractivity contribution in [2.24, 2.45) is 0 Å². The molecule has 0 bridgehead atoms. The van der Waals surface area contributed by atoms with Gasteiger partial charge in [-0.05, 0) is 42.5 Å². The summed E-state index contributed by atoms with van der Waals surface area (Å²) in [5.41, 5.74) is 2.25. The summed E-state index contributed by atoms with van der Waals surface area (Å²) < 4.78 is 10.9. The third-order valence-electron chi connectivity index (χ3n) is 4.85. The summed E-state index contributed by atoms with van der Waals surface area (Å²) in [6, 6.07) is 19.2. The van der Waals surface area contributed by atoms with Gasteiger partial charge in [0.2, 0.25) is 6.79 Å². The Morgan fingerprint density at radius 2 is 1.81 bits per heavy atom. The number of fused-ring (bicyclic) bond motifs is 2. The Hall–Kier alpha value is -4.38. The van der Waals surface area contributed by atoms with Crippen molar-refractivity contribution < 1.29 is 9.47 Å². The van der Waals surface area contributed by atoms with E-state index in [1.54, 1.807) is 18.3 Å². The number of nitrogens with one attached hydrogen (secondary N) is 2. The molecule has 152 valence electrons. The molecular formula is C23H18N6O2. The number of aromatic nitrogens is 3. The van der Waals surface area contributed by atoms with Gasteiger partial charge in [0.05, 0.1) is 11.1 Å². The maximum absolute atomic E-state index is 8.86. The van der Waals surface area contributed by atoms with Gasteiger partial charge < -0.3 is 20.1 Å². The fourth-order valence-electron chi connectivity index (χ4n) is 3.31. The standard InChI is InChI=1S/C23H18N6O2/c24-12-15-5-8-21(27-13-15)25-9-10-26-23-17-3-1-2-4-18(17)28-22(29-23)16-6-7-19-20(11-16)31-14-30-19/h1-8,11,13H,9-10,14H2,(H,25,27)(H,26,28,29). The number of nitrogens with zero attached hydrogens (tertiary/aromatic N) is 4. The van der Waals surface area contributed by atoms with Crippen molar-refractivity contribution in [2.75, 3.05) is 30.5 Å². The van der Waals surface area contributed by atoms with Crippen LogP contribution in [0.3, 0.4) is 0 Å². The summed E-state index contributed by atoms with van der Waals surface area (Å²) in [7, 11) is 0. The monoisotopic (exact) mass is 410 g/mol. The van der Waals surface area contributed by atoms with Crippen LogP contribution < -0.4 is 20.1 Å². The molecule has 0 saturated carbocycles. The Bertz CT molecular complexity index is 1280. The van der Waals surface area contributed by atoms with Crippen molar-refractivity contribution in [2.45, 2.75) is 0 Å². The Morgan fingerprint density at radius 3 is 2.68 bits per heavy atom. The van der Waals surface area contributed by atoms with Crippen LogP contribution in [0.15, 0.2) is 60.8 Å². The van der Waals surface area contributed by atoms with Crippen LogP contribution >= 0.6 is 0 Å². The Labute approximate surface area is 178 Å². The predicted molar refractivity (Wildman–Crippen MR) is 117 cm³/mol. The Balaban J connectivity index is 1.35. The molecule has 1 aliphatic heterocycles. The summed E-state index contributed by atoms with van der Waals surface area (Å²) >= 11 is 0. The van der Waals surface area contributed by atoms with Gasteiger partial charge >= 0.3 is 0 Å². The molecule has 2 aromatic carbocycles. The van der Waals surface area contributed by atoms with Crippen LogP contribution in [0.2, 0.25) is 0 Å². The molecule has 31 heavy (non-hydrogen) atoms. The van der Waals surface area contributed by atoms with Gasteiger partial charge in [-0.1, -0.05) is 12.1 Å². The average Bonchev–Trinajstić information content (AvgIpc) is 3.30. The zero-order valence-electron chi connectivity index (χ0n) is 16.5. The van der Waals surface area contributed by atoms with E-state index in [4.69, 9.17) is 24.7 Å². The van der Waals surface area contributed by atoms with Gasteiger partial charge in [0, 0.05) is 30.2 Å². The molecule has 0 unspecified atom stereocenters. The zero-order chi connectivity index (χ0) is 21.0. The van der Waals surface area contributed by atoms with Gasteiger partial charge in [-0.3, -0.25) is 0 Å². The second-order valence-electron chi connectivity index (χ2n) is 6.88. The molecule has 1 aliphatic rings. The van der Waals surface area contributed by atoms with Crippen LogP contribution in [0.1, 0.15) is 5.56 Å². The van der Waals surface area contributed by atoms with Crippen LogP contribution in [0.4, 0.5) is 11.6 Å². The molecule has 0 spiro atoms. The minimum Gasteiger partial charge on any atom is -0.454 e. The van der Waals surface area contributed by atoms with E-state index < -0.39 is 0 Å². The molecule has 5 rings (SSSR count). The van der Waals surface area contributed by atoms with E-state index in [2.05, 4.69) is 21.7 Å². The smallest absolute Gasteiger partial charge is 0.231 e. The number of ether oxygens (including phenoxy) is 2. The molecule has 0 fully saturated rings. The van der Waals surface area contributed by atoms with E-state index in [1.165, 1.54) is 0 Å². The number of nitriles is 1. The first-order valence-corrected chi connectivity index (χ1v) is 9.81. The molecule has 3 heterocycles. The van der Waals surface area contributed by atoms with Gasteiger partial charge in [0.15, 0.2) is 17.3 Å². The third-order valence-corrected chi connectivity index (χ3v) is 4.85. The molecule has 0 saturated heterocycles. The predicted octanol–water partition coefficient (Wildman–Crippen LogP) is 3.82. The number of benzene rings is 2. The zero-order valence-corrected chi connectivity index (χ0v) is 16.5. The molecule has 0 aliphatic carbocycles. The highest BCUT2D eigenvalue weighted by molar-refractivity contribution is 5.90. The van der Waals surface area contributed by atoms with Crippen LogP contribution in [0, 0.1) is 11.3 Å². The van der Waals surface area contributed by atoms with Crippen molar-refractivity contribution >= 4 is 22.5 Å². The SMILES string of the molecule is N#Cc1ccc(NCCNc2nc(-c3ccc4c(c3)OCO4)nc3ccccc23)nc1. The summed E-state index contributed by atoms with van der Waals surface area (Å²) in [5.74, 6) is 3.51. The summed E-state index contributed by atoms with van der Waals surface area (Å²) in [6.45, 7) is 1.49. The van der Waals surface area contributed by atoms with Crippen LogP contribution in [0.25, 0.3) is 22.3 Å². The fraction of sp³-hybridized carbons (Fsp3) is 0.130. The second-order valence-corrected chi connectivity index (χ2v) is 6.88. The quantitative estimate of drug-likeness (QED) is 0.462. The molecule has 4 aromatic rings. The lowest BCUT2D eigenvalue weighted by molar-refractivity contribution is 0.174. The minimum atomic E-state index is 0.227. The van der Waals surface area contributed by atoms with E-state index in [9.17, 15) is 0 Å². The van der Waals surface area contributed by atoms with Gasteiger partial charge in [0.25, 0.3) is 0 Å². The lowest BCUT2D eigenvalue weighted by Crippen LogP contribution is -2.15. The number of rotatable bonds is 6. The first kappa shape index (κ1) is 18.6. The number of anilines is 2. The van der Waals surface area contributed by atoms with Crippen molar-refractivity contribution in [3.05, 3.63) is 66.4 Å². The van der Waals surface area contributed by atoms with Crippen molar-refractivity contribution in [3.63, 3.8) is 0 Å². The normalized spacial score (nSPS) is 11.8. The van der Waals surface area contributed by atoms with Gasteiger partial charge in [0.1, 0.15) is 17.7 Å². The Kier molecular flexibility index (Phi) is 4.91. The van der Waals surface area contributed by atoms with E-state index in [1.807, 2.05) is 42.5 Å². The highest BCUT2D eigenvalue weighted by Gasteiger charge is 2.16. The second kappa shape index (κ2) is 8.16. The lowest BCUT2D eigenvalue weighted by atomic mass is 10.1. The third kappa shape index (κ3) is 3.89. The largest absolute Gasteiger partial charge is 0.454 e. The molecule has 0 atom stereocenters. The Morgan fingerprint density at radius 1 is 0.935 bits per heavy atom. The highest BCUT2D eigenvalue weighted by Crippen LogP contribution is 2.35. The summed E-state index contributed by atoms with van der Waals surface area (Å²) in [6.07, 6.45) is 1.55. The maximum atomic E-state index is 8.86. The molecule has 0 amide bonds. The highest BCUT2D eigenvalue weighted by atomic mass is 16.7. The van der Waals surface area contributed by atoms with Crippen LogP contribution in [0.5, 0.6) is 11.5 Å². The van der Waals surface area contributed by atoms with Crippen molar-refractivity contribution in [3.8, 4) is 29.0 Å². The van der Waals surface area contributed by atoms with E-state index in [-0.39, 0.29) is 6.79 Å². The molecule has 8 nitrogen and oxygen atoms in total. The van der Waals surface area contributed by atoms with E-state index >= 15 is 0 Å². The molecule has 2 N–H and O–H groups in total. The molecular weight excluding hydrogens is 392 g/mol. The fourth-order valence-corrected chi connectivity index (χ4v) is 3.31. The topological polar surface area (TPSA) is 105 Å².